The Morgan fingerprint density at radius 3 is 2.44 bits per heavy atom. The summed E-state index contributed by atoms with van der Waals surface area (Å²) in [5, 5.41) is 8.28. The fourth-order valence-corrected chi connectivity index (χ4v) is 3.28. The smallest absolute Gasteiger partial charge is 0.284 e. The number of aromatic nitrogens is 2. The van der Waals surface area contributed by atoms with Crippen molar-refractivity contribution in [1.29, 1.82) is 0 Å². The third kappa shape index (κ3) is 2.96. The number of nitrogens with zero attached hydrogens (tertiary/aromatic N) is 3. The fourth-order valence-electron chi connectivity index (χ4n) is 2.59. The van der Waals surface area contributed by atoms with Gasteiger partial charge in [0.15, 0.2) is 5.76 Å². The average molecular weight is 355 g/mol. The Morgan fingerprint density at radius 2 is 1.76 bits per heavy atom. The molecule has 1 aliphatic heterocycles. The van der Waals surface area contributed by atoms with Crippen molar-refractivity contribution in [3.05, 3.63) is 53.8 Å². The van der Waals surface area contributed by atoms with Gasteiger partial charge in [0.25, 0.3) is 22.9 Å². The molecule has 0 bridgehead atoms. The van der Waals surface area contributed by atoms with Crippen LogP contribution in [0.1, 0.15) is 27.1 Å². The number of fused-ring (bicyclic) bond motifs is 1. The molecule has 0 saturated carbocycles. The van der Waals surface area contributed by atoms with Gasteiger partial charge in [0.1, 0.15) is 0 Å². The summed E-state index contributed by atoms with van der Waals surface area (Å²) in [7, 11) is 0. The zero-order valence-corrected chi connectivity index (χ0v) is 13.9. The fraction of sp³-hybridized carbons (Fsp3) is 0.176. The van der Waals surface area contributed by atoms with Gasteiger partial charge >= 0.3 is 0 Å². The summed E-state index contributed by atoms with van der Waals surface area (Å²) >= 11 is 1.38. The molecule has 126 valence electrons. The second-order valence-electron chi connectivity index (χ2n) is 5.36. The molecule has 0 aliphatic carbocycles. The zero-order chi connectivity index (χ0) is 17.2. The minimum Gasteiger partial charge on any atom is -0.459 e. The topological polar surface area (TPSA) is 89.4 Å². The molecular formula is C17H13N3O4S. The van der Waals surface area contributed by atoms with Crippen LogP contribution in [-0.2, 0) is 0 Å². The number of thioether (sulfide) groups is 1. The summed E-state index contributed by atoms with van der Waals surface area (Å²) in [5.74, 6) is 1.03. The van der Waals surface area contributed by atoms with Gasteiger partial charge in [-0.15, -0.1) is 10.2 Å². The molecule has 7 nitrogen and oxygen atoms in total. The van der Waals surface area contributed by atoms with E-state index in [9.17, 15) is 9.59 Å². The highest BCUT2D eigenvalue weighted by Gasteiger charge is 2.34. The molecule has 8 heteroatoms. The number of carbonyl (C=O) groups is 2. The summed E-state index contributed by atoms with van der Waals surface area (Å²) < 4.78 is 10.7. The number of amides is 2. The predicted molar refractivity (Wildman–Crippen MR) is 89.2 cm³/mol. The number of hydrogen-bond donors (Lipinski definition) is 0. The summed E-state index contributed by atoms with van der Waals surface area (Å²) in [6.07, 6.45) is 2.17. The first kappa shape index (κ1) is 15.6. The van der Waals surface area contributed by atoms with Crippen LogP contribution in [0.4, 0.5) is 0 Å². The zero-order valence-electron chi connectivity index (χ0n) is 13.0. The third-order valence-electron chi connectivity index (χ3n) is 3.77. The number of rotatable bonds is 6. The van der Waals surface area contributed by atoms with Crippen molar-refractivity contribution in [1.82, 2.24) is 15.1 Å². The van der Waals surface area contributed by atoms with E-state index in [-0.39, 0.29) is 11.8 Å². The van der Waals surface area contributed by atoms with Crippen molar-refractivity contribution in [3.8, 4) is 11.7 Å². The Morgan fingerprint density at radius 1 is 1.00 bits per heavy atom. The number of furan rings is 1. The van der Waals surface area contributed by atoms with Gasteiger partial charge in [0.05, 0.1) is 17.4 Å². The molecule has 0 N–H and O–H groups in total. The van der Waals surface area contributed by atoms with Crippen molar-refractivity contribution in [2.24, 2.45) is 0 Å². The van der Waals surface area contributed by atoms with Gasteiger partial charge in [-0.3, -0.25) is 14.5 Å². The standard InChI is InChI=1S/C17H13N3O4S/c21-15-11-5-1-2-6-12(11)16(22)20(15)8-4-10-25-17-19-18-14(24-17)13-7-3-9-23-13/h1-3,5-7,9H,4,8,10H2. The molecule has 0 fully saturated rings. The molecule has 2 amide bonds. The monoisotopic (exact) mass is 355 g/mol. The summed E-state index contributed by atoms with van der Waals surface area (Å²) in [5.41, 5.74) is 0.945. The normalized spacial score (nSPS) is 13.5. The SMILES string of the molecule is O=C1c2ccccc2C(=O)N1CCCSc1nnc(-c2ccco2)o1. The van der Waals surface area contributed by atoms with Crippen LogP contribution in [0.25, 0.3) is 11.7 Å². The van der Waals surface area contributed by atoms with E-state index in [1.807, 2.05) is 0 Å². The maximum Gasteiger partial charge on any atom is 0.284 e. The van der Waals surface area contributed by atoms with E-state index in [0.717, 1.165) is 0 Å². The lowest BCUT2D eigenvalue weighted by Gasteiger charge is -2.12. The molecule has 4 rings (SSSR count). The number of hydrogen-bond acceptors (Lipinski definition) is 7. The van der Waals surface area contributed by atoms with Gasteiger partial charge in [-0.25, -0.2) is 0 Å². The molecule has 0 unspecified atom stereocenters. The largest absolute Gasteiger partial charge is 0.459 e. The molecule has 1 aromatic carbocycles. The van der Waals surface area contributed by atoms with E-state index in [1.54, 1.807) is 36.4 Å². The van der Waals surface area contributed by atoms with E-state index in [4.69, 9.17) is 8.83 Å². The Kier molecular flexibility index (Phi) is 4.10. The minimum atomic E-state index is -0.233. The first-order valence-electron chi connectivity index (χ1n) is 7.69. The summed E-state index contributed by atoms with van der Waals surface area (Å²) in [6.45, 7) is 0.360. The van der Waals surface area contributed by atoms with Crippen LogP contribution in [0.15, 0.2) is 56.7 Å². The van der Waals surface area contributed by atoms with E-state index in [0.29, 0.717) is 46.7 Å². The van der Waals surface area contributed by atoms with Gasteiger partial charge in [0, 0.05) is 12.3 Å². The third-order valence-corrected chi connectivity index (χ3v) is 4.67. The highest BCUT2D eigenvalue weighted by molar-refractivity contribution is 7.99. The first-order valence-corrected chi connectivity index (χ1v) is 8.68. The van der Waals surface area contributed by atoms with Crippen molar-refractivity contribution in [2.45, 2.75) is 11.6 Å². The average Bonchev–Trinajstić information content (AvgIpc) is 3.35. The van der Waals surface area contributed by atoms with E-state index in [1.165, 1.54) is 22.9 Å². The Hall–Kier alpha value is -2.87. The van der Waals surface area contributed by atoms with Gasteiger partial charge in [0.2, 0.25) is 0 Å². The quantitative estimate of drug-likeness (QED) is 0.381. The van der Waals surface area contributed by atoms with Crippen LogP contribution in [-0.4, -0.2) is 39.2 Å². The van der Waals surface area contributed by atoms with E-state index in [2.05, 4.69) is 10.2 Å². The second kappa shape index (κ2) is 6.56. The Balaban J connectivity index is 1.31. The van der Waals surface area contributed by atoms with Gasteiger partial charge in [-0.2, -0.15) is 0 Å². The molecule has 2 aromatic heterocycles. The molecule has 3 heterocycles. The predicted octanol–water partition coefficient (Wildman–Crippen LogP) is 3.11. The van der Waals surface area contributed by atoms with Crippen LogP contribution in [0, 0.1) is 0 Å². The van der Waals surface area contributed by atoms with Crippen LogP contribution in [0.2, 0.25) is 0 Å². The highest BCUT2D eigenvalue weighted by Crippen LogP contribution is 2.25. The van der Waals surface area contributed by atoms with Crippen molar-refractivity contribution < 1.29 is 18.4 Å². The molecule has 0 radical (unpaired) electrons. The number of carbonyl (C=O) groups excluding carboxylic acids is 2. The first-order chi connectivity index (χ1) is 12.2. The van der Waals surface area contributed by atoms with Crippen molar-refractivity contribution >= 4 is 23.6 Å². The molecule has 0 atom stereocenters. The van der Waals surface area contributed by atoms with Crippen molar-refractivity contribution in [2.75, 3.05) is 12.3 Å². The second-order valence-corrected chi connectivity index (χ2v) is 6.41. The Labute approximate surface area is 147 Å². The van der Waals surface area contributed by atoms with E-state index >= 15 is 0 Å². The molecule has 3 aromatic rings. The summed E-state index contributed by atoms with van der Waals surface area (Å²) in [6, 6.07) is 10.4. The highest BCUT2D eigenvalue weighted by atomic mass is 32.2. The molecular weight excluding hydrogens is 342 g/mol. The summed E-state index contributed by atoms with van der Waals surface area (Å²) in [4.78, 5) is 25.8. The van der Waals surface area contributed by atoms with Gasteiger partial charge < -0.3 is 8.83 Å². The minimum absolute atomic E-state index is 0.233. The lowest BCUT2D eigenvalue weighted by atomic mass is 10.1. The maximum absolute atomic E-state index is 12.3. The van der Waals surface area contributed by atoms with Gasteiger partial charge in [-0.05, 0) is 30.7 Å². The molecule has 0 spiro atoms. The van der Waals surface area contributed by atoms with Crippen LogP contribution in [0.3, 0.4) is 0 Å². The molecule has 0 saturated heterocycles. The van der Waals surface area contributed by atoms with E-state index < -0.39 is 0 Å². The van der Waals surface area contributed by atoms with Gasteiger partial charge in [-0.1, -0.05) is 23.9 Å². The van der Waals surface area contributed by atoms with Crippen molar-refractivity contribution in [3.63, 3.8) is 0 Å². The lowest BCUT2D eigenvalue weighted by Crippen LogP contribution is -2.30. The lowest BCUT2D eigenvalue weighted by molar-refractivity contribution is 0.0655. The number of imide groups is 1. The number of benzene rings is 1. The van der Waals surface area contributed by atoms with Crippen LogP contribution < -0.4 is 0 Å². The molecule has 1 aliphatic rings. The van der Waals surface area contributed by atoms with Crippen LogP contribution in [0.5, 0.6) is 0 Å². The Bertz CT molecular complexity index is 885. The van der Waals surface area contributed by atoms with Crippen LogP contribution >= 0.6 is 11.8 Å². The maximum atomic E-state index is 12.3. The molecule has 25 heavy (non-hydrogen) atoms.